The van der Waals surface area contributed by atoms with Crippen molar-refractivity contribution in [3.05, 3.63) is 64.1 Å². The van der Waals surface area contributed by atoms with E-state index < -0.39 is 0 Å². The maximum absolute atomic E-state index is 12.0. The quantitative estimate of drug-likeness (QED) is 0.629. The van der Waals surface area contributed by atoms with E-state index in [1.54, 1.807) is 0 Å². The third-order valence-electron chi connectivity index (χ3n) is 3.77. The molecule has 0 aliphatic rings. The Hall–Kier alpha value is -1.85. The van der Waals surface area contributed by atoms with Gasteiger partial charge in [-0.15, -0.1) is 0 Å². The zero-order chi connectivity index (χ0) is 18.1. The molecular formula is C20H26BrN2O2+. The highest BCUT2D eigenvalue weighted by Crippen LogP contribution is 2.16. The molecule has 0 aromatic heterocycles. The van der Waals surface area contributed by atoms with Crippen molar-refractivity contribution < 1.29 is 14.4 Å². The molecule has 2 rings (SSSR count). The average molecular weight is 406 g/mol. The summed E-state index contributed by atoms with van der Waals surface area (Å²) in [5.41, 5.74) is 2.46. The normalized spacial score (nSPS) is 10.7. The summed E-state index contributed by atoms with van der Waals surface area (Å²) in [5.74, 6) is 0.884. The molecule has 0 saturated carbocycles. The van der Waals surface area contributed by atoms with Crippen LogP contribution in [0.1, 0.15) is 24.0 Å². The maximum atomic E-state index is 12.0. The number of hydrogen-bond donors (Lipinski definition) is 2. The van der Waals surface area contributed by atoms with Gasteiger partial charge in [0.1, 0.15) is 12.3 Å². The maximum Gasteiger partial charge on any atom is 0.220 e. The summed E-state index contributed by atoms with van der Waals surface area (Å²) >= 11 is 3.39. The van der Waals surface area contributed by atoms with Gasteiger partial charge in [0.25, 0.3) is 0 Å². The topological polar surface area (TPSA) is 42.8 Å². The van der Waals surface area contributed by atoms with Gasteiger partial charge in [0.15, 0.2) is 0 Å². The highest BCUT2D eigenvalue weighted by atomic mass is 79.9. The van der Waals surface area contributed by atoms with Gasteiger partial charge in [-0.1, -0.05) is 40.2 Å². The molecule has 0 atom stereocenters. The summed E-state index contributed by atoms with van der Waals surface area (Å²) in [7, 11) is 4.25. The van der Waals surface area contributed by atoms with Crippen LogP contribution in [0.3, 0.4) is 0 Å². The molecular weight excluding hydrogens is 380 g/mol. The fraction of sp³-hybridized carbons (Fsp3) is 0.350. The third-order valence-corrected chi connectivity index (χ3v) is 4.30. The van der Waals surface area contributed by atoms with Gasteiger partial charge in [-0.3, -0.25) is 4.79 Å². The lowest BCUT2D eigenvalue weighted by Gasteiger charge is -2.13. The van der Waals surface area contributed by atoms with Crippen molar-refractivity contribution >= 4 is 21.8 Å². The molecule has 0 unspecified atom stereocenters. The van der Waals surface area contributed by atoms with Crippen LogP contribution in [0.2, 0.25) is 0 Å². The van der Waals surface area contributed by atoms with Crippen LogP contribution in [0.4, 0.5) is 0 Å². The highest BCUT2D eigenvalue weighted by Gasteiger charge is 2.07. The zero-order valence-electron chi connectivity index (χ0n) is 14.8. The van der Waals surface area contributed by atoms with Crippen molar-refractivity contribution in [3.63, 3.8) is 0 Å². The minimum absolute atomic E-state index is 0.0615. The molecule has 134 valence electrons. The van der Waals surface area contributed by atoms with Gasteiger partial charge in [0.05, 0.1) is 20.7 Å². The number of ether oxygens (including phenoxy) is 1. The van der Waals surface area contributed by atoms with Crippen LogP contribution in [0.25, 0.3) is 0 Å². The van der Waals surface area contributed by atoms with Crippen molar-refractivity contribution in [2.24, 2.45) is 0 Å². The predicted octanol–water partition coefficient (Wildman–Crippen LogP) is 2.57. The second-order valence-electron chi connectivity index (χ2n) is 6.34. The smallest absolute Gasteiger partial charge is 0.220 e. The number of carbonyl (C=O) groups excluding carboxylic acids is 1. The van der Waals surface area contributed by atoms with Crippen LogP contribution in [0.5, 0.6) is 5.75 Å². The Balaban J connectivity index is 1.69. The summed E-state index contributed by atoms with van der Waals surface area (Å²) in [6.07, 6.45) is 1.17. The van der Waals surface area contributed by atoms with Crippen molar-refractivity contribution in [1.82, 2.24) is 5.32 Å². The first-order chi connectivity index (χ1) is 12.0. The molecule has 0 saturated heterocycles. The number of rotatable bonds is 9. The molecule has 4 nitrogen and oxygen atoms in total. The van der Waals surface area contributed by atoms with E-state index in [4.69, 9.17) is 4.74 Å². The summed E-state index contributed by atoms with van der Waals surface area (Å²) < 4.78 is 6.66. The standard InChI is InChI=1S/C20H25BrN2O2/c1-23(2)15-17-7-4-3-6-16(17)14-22-20(24)8-5-13-25-19-11-9-18(21)10-12-19/h3-4,6-7,9-12H,5,8,13-15H2,1-2H3,(H,22,24)/p+1. The number of nitrogens with one attached hydrogen (secondary N) is 2. The number of amides is 1. The minimum Gasteiger partial charge on any atom is -0.494 e. The largest absolute Gasteiger partial charge is 0.494 e. The van der Waals surface area contributed by atoms with Crippen LogP contribution in [-0.2, 0) is 17.9 Å². The Kier molecular flexibility index (Phi) is 7.95. The van der Waals surface area contributed by atoms with Gasteiger partial charge >= 0.3 is 0 Å². The van der Waals surface area contributed by atoms with E-state index in [9.17, 15) is 4.79 Å². The van der Waals surface area contributed by atoms with E-state index in [1.807, 2.05) is 36.4 Å². The van der Waals surface area contributed by atoms with Crippen LogP contribution < -0.4 is 15.0 Å². The predicted molar refractivity (Wildman–Crippen MR) is 104 cm³/mol. The van der Waals surface area contributed by atoms with Crippen LogP contribution in [0, 0.1) is 0 Å². The van der Waals surface area contributed by atoms with Gasteiger partial charge in [0.2, 0.25) is 5.91 Å². The number of halogens is 1. The van der Waals surface area contributed by atoms with E-state index in [2.05, 4.69) is 47.5 Å². The fourth-order valence-electron chi connectivity index (χ4n) is 2.52. The first-order valence-electron chi connectivity index (χ1n) is 8.55. The number of benzene rings is 2. The SMILES string of the molecule is C[NH+](C)Cc1ccccc1CNC(=O)CCCOc1ccc(Br)cc1. The molecule has 0 aliphatic heterocycles. The highest BCUT2D eigenvalue weighted by molar-refractivity contribution is 9.10. The lowest BCUT2D eigenvalue weighted by atomic mass is 10.1. The average Bonchev–Trinajstić information content (AvgIpc) is 2.59. The van der Waals surface area contributed by atoms with Crippen LogP contribution >= 0.6 is 15.9 Å². The van der Waals surface area contributed by atoms with Gasteiger partial charge in [-0.2, -0.15) is 0 Å². The van der Waals surface area contributed by atoms with Crippen molar-refractivity contribution in [1.29, 1.82) is 0 Å². The van der Waals surface area contributed by atoms with E-state index in [-0.39, 0.29) is 5.91 Å². The van der Waals surface area contributed by atoms with Gasteiger partial charge < -0.3 is 15.0 Å². The molecule has 1 amide bonds. The number of quaternary nitrogens is 1. The Morgan fingerprint density at radius 3 is 2.44 bits per heavy atom. The Labute approximate surface area is 158 Å². The van der Waals surface area contributed by atoms with E-state index in [0.717, 1.165) is 16.8 Å². The Morgan fingerprint density at radius 2 is 1.76 bits per heavy atom. The molecule has 0 fully saturated rings. The number of carbonyl (C=O) groups is 1. The molecule has 0 bridgehead atoms. The summed E-state index contributed by atoms with van der Waals surface area (Å²) in [6.45, 7) is 2.07. The van der Waals surface area contributed by atoms with Gasteiger partial charge in [-0.25, -0.2) is 0 Å². The van der Waals surface area contributed by atoms with E-state index in [1.165, 1.54) is 16.0 Å². The van der Waals surface area contributed by atoms with Gasteiger partial charge in [0, 0.05) is 23.0 Å². The van der Waals surface area contributed by atoms with Crippen molar-refractivity contribution in [2.75, 3.05) is 20.7 Å². The van der Waals surface area contributed by atoms with Crippen LogP contribution in [0.15, 0.2) is 53.0 Å². The molecule has 25 heavy (non-hydrogen) atoms. The zero-order valence-corrected chi connectivity index (χ0v) is 16.4. The lowest BCUT2D eigenvalue weighted by Crippen LogP contribution is -3.04. The number of hydrogen-bond acceptors (Lipinski definition) is 2. The fourth-order valence-corrected chi connectivity index (χ4v) is 2.78. The first-order valence-corrected chi connectivity index (χ1v) is 9.35. The Bertz CT molecular complexity index is 672. The molecule has 2 aromatic rings. The monoisotopic (exact) mass is 405 g/mol. The molecule has 2 N–H and O–H groups in total. The second-order valence-corrected chi connectivity index (χ2v) is 7.25. The summed E-state index contributed by atoms with van der Waals surface area (Å²) in [6, 6.07) is 16.0. The third kappa shape index (κ3) is 7.28. The van der Waals surface area contributed by atoms with Crippen LogP contribution in [-0.4, -0.2) is 26.6 Å². The summed E-state index contributed by atoms with van der Waals surface area (Å²) in [4.78, 5) is 13.4. The van der Waals surface area contributed by atoms with Crippen molar-refractivity contribution in [3.8, 4) is 5.75 Å². The second kappa shape index (κ2) is 10.2. The molecule has 0 spiro atoms. The Morgan fingerprint density at radius 1 is 1.08 bits per heavy atom. The molecule has 0 heterocycles. The molecule has 0 radical (unpaired) electrons. The lowest BCUT2D eigenvalue weighted by molar-refractivity contribution is -0.872. The van der Waals surface area contributed by atoms with E-state index >= 15 is 0 Å². The minimum atomic E-state index is 0.0615. The van der Waals surface area contributed by atoms with Gasteiger partial charge in [-0.05, 0) is 36.2 Å². The van der Waals surface area contributed by atoms with Crippen molar-refractivity contribution in [2.45, 2.75) is 25.9 Å². The summed E-state index contributed by atoms with van der Waals surface area (Å²) in [5, 5.41) is 3.01. The molecule has 2 aromatic carbocycles. The molecule has 0 aliphatic carbocycles. The molecule has 5 heteroatoms. The first kappa shape index (κ1) is 19.5. The van der Waals surface area contributed by atoms with E-state index in [0.29, 0.717) is 26.0 Å².